The van der Waals surface area contributed by atoms with Gasteiger partial charge in [0.15, 0.2) is 8.32 Å². The molecule has 2 aliphatic carbocycles. The van der Waals surface area contributed by atoms with Crippen molar-refractivity contribution in [3.63, 3.8) is 0 Å². The molecule has 0 saturated heterocycles. The number of pyridine rings is 1. The van der Waals surface area contributed by atoms with Crippen LogP contribution in [0.25, 0.3) is 11.1 Å². The lowest BCUT2D eigenvalue weighted by atomic mass is 9.71. The molecule has 8 heteroatoms. The SMILES string of the molecule is CC1(C)Cc2nc(Cl)c(-c3cc(C=O)ccc3C(F)(F)F)c(C3CCCC3)c2C(O[Si](C)(C)C(C)(C)C)C1. The lowest BCUT2D eigenvalue weighted by Crippen LogP contribution is -2.44. The molecule has 1 aromatic carbocycles. The molecule has 1 heterocycles. The van der Waals surface area contributed by atoms with E-state index < -0.39 is 20.1 Å². The van der Waals surface area contributed by atoms with Crippen LogP contribution in [-0.4, -0.2) is 19.6 Å². The number of hydrogen-bond donors (Lipinski definition) is 0. The molecule has 0 bridgehead atoms. The molecule has 1 saturated carbocycles. The fourth-order valence-electron chi connectivity index (χ4n) is 5.88. The Morgan fingerprint density at radius 3 is 2.29 bits per heavy atom. The highest BCUT2D eigenvalue weighted by Gasteiger charge is 2.46. The van der Waals surface area contributed by atoms with Gasteiger partial charge >= 0.3 is 6.18 Å². The summed E-state index contributed by atoms with van der Waals surface area (Å²) < 4.78 is 50.0. The van der Waals surface area contributed by atoms with Gasteiger partial charge in [0.1, 0.15) is 11.4 Å². The van der Waals surface area contributed by atoms with Crippen molar-refractivity contribution in [2.45, 2.75) is 109 Å². The molecule has 0 spiro atoms. The summed E-state index contributed by atoms with van der Waals surface area (Å²) in [5, 5.41) is 0.0372. The van der Waals surface area contributed by atoms with Gasteiger partial charge in [-0.15, -0.1) is 0 Å². The van der Waals surface area contributed by atoms with Crippen molar-refractivity contribution in [2.24, 2.45) is 5.41 Å². The summed E-state index contributed by atoms with van der Waals surface area (Å²) in [5.74, 6) is 0.0620. The Labute approximate surface area is 230 Å². The van der Waals surface area contributed by atoms with E-state index in [0.29, 0.717) is 18.3 Å². The lowest BCUT2D eigenvalue weighted by molar-refractivity contribution is -0.137. The fraction of sp³-hybridized carbons (Fsp3) is 0.600. The van der Waals surface area contributed by atoms with Gasteiger partial charge in [0.2, 0.25) is 0 Å². The topological polar surface area (TPSA) is 39.2 Å². The Morgan fingerprint density at radius 2 is 1.74 bits per heavy atom. The number of rotatable bonds is 5. The molecule has 1 atom stereocenters. The third-order valence-corrected chi connectivity index (χ3v) is 13.5. The molecule has 0 radical (unpaired) electrons. The van der Waals surface area contributed by atoms with Gasteiger partial charge in [-0.3, -0.25) is 4.79 Å². The summed E-state index contributed by atoms with van der Waals surface area (Å²) in [4.78, 5) is 16.4. The van der Waals surface area contributed by atoms with Crippen molar-refractivity contribution >= 4 is 26.2 Å². The van der Waals surface area contributed by atoms with Crippen LogP contribution in [-0.2, 0) is 17.0 Å². The quantitative estimate of drug-likeness (QED) is 0.206. The molecule has 208 valence electrons. The first-order valence-electron chi connectivity index (χ1n) is 13.5. The molecule has 2 aromatic rings. The molecule has 0 aliphatic heterocycles. The Balaban J connectivity index is 2.07. The maximum Gasteiger partial charge on any atom is 0.417 e. The predicted octanol–water partition coefficient (Wildman–Crippen LogP) is 9.93. The van der Waals surface area contributed by atoms with Crippen LogP contribution < -0.4 is 0 Å². The van der Waals surface area contributed by atoms with Crippen molar-refractivity contribution in [2.75, 3.05) is 0 Å². The van der Waals surface area contributed by atoms with Crippen molar-refractivity contribution in [3.05, 3.63) is 51.3 Å². The third kappa shape index (κ3) is 5.61. The van der Waals surface area contributed by atoms with Gasteiger partial charge in [0.25, 0.3) is 0 Å². The zero-order chi connectivity index (χ0) is 28.3. The first-order valence-corrected chi connectivity index (χ1v) is 16.8. The van der Waals surface area contributed by atoms with Crippen LogP contribution in [0.15, 0.2) is 18.2 Å². The number of carbonyl (C=O) groups excluding carboxylic acids is 1. The second-order valence-electron chi connectivity index (χ2n) is 13.4. The monoisotopic (exact) mass is 565 g/mol. The first kappa shape index (κ1) is 29.3. The molecule has 2 aliphatic rings. The maximum absolute atomic E-state index is 14.3. The van der Waals surface area contributed by atoms with Crippen LogP contribution in [0.4, 0.5) is 13.2 Å². The summed E-state index contributed by atoms with van der Waals surface area (Å²) in [7, 11) is -2.24. The molecule has 3 nitrogen and oxygen atoms in total. The molecular formula is C30H39ClF3NO2Si. The van der Waals surface area contributed by atoms with Gasteiger partial charge < -0.3 is 4.43 Å². The summed E-state index contributed by atoms with van der Waals surface area (Å²) in [5.41, 5.74) is 2.14. The zero-order valence-electron chi connectivity index (χ0n) is 23.5. The number of aromatic nitrogens is 1. The zero-order valence-corrected chi connectivity index (χ0v) is 25.2. The van der Waals surface area contributed by atoms with E-state index in [0.717, 1.165) is 55.0 Å². The number of aldehydes is 1. The second kappa shape index (κ2) is 10.0. The summed E-state index contributed by atoms with van der Waals surface area (Å²) in [6, 6.07) is 3.51. The molecular weight excluding hydrogens is 527 g/mol. The largest absolute Gasteiger partial charge is 0.417 e. The minimum absolute atomic E-state index is 0.0350. The van der Waals surface area contributed by atoms with Gasteiger partial charge in [-0.2, -0.15) is 13.2 Å². The smallest absolute Gasteiger partial charge is 0.410 e. The average molecular weight is 566 g/mol. The van der Waals surface area contributed by atoms with Gasteiger partial charge in [-0.05, 0) is 78.4 Å². The van der Waals surface area contributed by atoms with Crippen molar-refractivity contribution in [1.82, 2.24) is 4.98 Å². The number of benzene rings is 1. The number of halogens is 4. The highest BCUT2D eigenvalue weighted by molar-refractivity contribution is 6.74. The number of carbonyl (C=O) groups is 1. The van der Waals surface area contributed by atoms with E-state index in [1.54, 1.807) is 0 Å². The second-order valence-corrected chi connectivity index (χ2v) is 18.5. The van der Waals surface area contributed by atoms with E-state index in [1.807, 2.05) is 0 Å². The number of alkyl halides is 3. The highest BCUT2D eigenvalue weighted by Crippen LogP contribution is 2.54. The van der Waals surface area contributed by atoms with Crippen LogP contribution >= 0.6 is 11.6 Å². The molecule has 1 unspecified atom stereocenters. The molecule has 1 fully saturated rings. The molecule has 0 amide bonds. The average Bonchev–Trinajstić information content (AvgIpc) is 3.30. The van der Waals surface area contributed by atoms with Gasteiger partial charge in [-0.25, -0.2) is 4.98 Å². The Hall–Kier alpha value is -1.70. The lowest BCUT2D eigenvalue weighted by Gasteiger charge is -2.45. The van der Waals surface area contributed by atoms with E-state index >= 15 is 0 Å². The van der Waals surface area contributed by atoms with Crippen LogP contribution in [0.5, 0.6) is 0 Å². The van der Waals surface area contributed by atoms with E-state index in [-0.39, 0.29) is 38.8 Å². The van der Waals surface area contributed by atoms with Crippen molar-refractivity contribution in [1.29, 1.82) is 0 Å². The van der Waals surface area contributed by atoms with E-state index in [9.17, 15) is 18.0 Å². The molecule has 38 heavy (non-hydrogen) atoms. The molecule has 1 aromatic heterocycles. The molecule has 0 N–H and O–H groups in total. The van der Waals surface area contributed by atoms with Crippen LogP contribution in [0.2, 0.25) is 23.3 Å². The number of fused-ring (bicyclic) bond motifs is 1. The Kier molecular flexibility index (Phi) is 7.74. The van der Waals surface area contributed by atoms with Gasteiger partial charge in [0, 0.05) is 22.4 Å². The number of nitrogens with zero attached hydrogens (tertiary/aromatic N) is 1. The minimum atomic E-state index is -4.61. The van der Waals surface area contributed by atoms with Crippen LogP contribution in [0.3, 0.4) is 0 Å². The first-order chi connectivity index (χ1) is 17.4. The minimum Gasteiger partial charge on any atom is -0.410 e. The normalized spacial score (nSPS) is 20.4. The highest BCUT2D eigenvalue weighted by atomic mass is 35.5. The fourth-order valence-corrected chi connectivity index (χ4v) is 7.45. The van der Waals surface area contributed by atoms with Crippen molar-refractivity contribution < 1.29 is 22.4 Å². The van der Waals surface area contributed by atoms with E-state index in [4.69, 9.17) is 21.0 Å². The summed E-state index contributed by atoms with van der Waals surface area (Å²) in [6.45, 7) is 15.4. The third-order valence-electron chi connectivity index (χ3n) is 8.78. The van der Waals surface area contributed by atoms with Gasteiger partial charge in [0.05, 0.1) is 11.7 Å². The van der Waals surface area contributed by atoms with Crippen LogP contribution in [0, 0.1) is 5.41 Å². The predicted molar refractivity (Wildman–Crippen MR) is 149 cm³/mol. The number of hydrogen-bond acceptors (Lipinski definition) is 3. The van der Waals surface area contributed by atoms with Gasteiger partial charge in [-0.1, -0.05) is 65.1 Å². The summed E-state index contributed by atoms with van der Waals surface area (Å²) >= 11 is 6.84. The molecule has 4 rings (SSSR count). The summed E-state index contributed by atoms with van der Waals surface area (Å²) in [6.07, 6.45) is 0.909. The van der Waals surface area contributed by atoms with Crippen LogP contribution in [0.1, 0.15) is 111 Å². The standard InChI is InChI=1S/C30H39ClF3NO2Si/c1-28(2,3)38(6,7)37-23-16-29(4,5)15-22-26(23)24(19-10-8-9-11-19)25(27(31)35-22)20-14-18(17-36)12-13-21(20)30(32,33)34/h12-14,17,19,23H,8-11,15-16H2,1-7H3. The van der Waals surface area contributed by atoms with E-state index in [1.165, 1.54) is 12.1 Å². The maximum atomic E-state index is 14.3. The van der Waals surface area contributed by atoms with E-state index in [2.05, 4.69) is 47.7 Å². The Morgan fingerprint density at radius 1 is 1.11 bits per heavy atom. The van der Waals surface area contributed by atoms with Crippen molar-refractivity contribution in [3.8, 4) is 11.1 Å². The Bertz CT molecular complexity index is 1230.